The molecule has 29 heavy (non-hydrogen) atoms. The van der Waals surface area contributed by atoms with Crippen LogP contribution in [0.1, 0.15) is 11.3 Å². The van der Waals surface area contributed by atoms with Gasteiger partial charge in [-0.25, -0.2) is 9.38 Å². The van der Waals surface area contributed by atoms with Crippen molar-refractivity contribution >= 4 is 23.0 Å². The summed E-state index contributed by atoms with van der Waals surface area (Å²) in [5.74, 6) is -1.21. The van der Waals surface area contributed by atoms with E-state index >= 15 is 0 Å². The molecule has 3 rings (SSSR count). The van der Waals surface area contributed by atoms with Crippen LogP contribution in [0.25, 0.3) is 11.3 Å². The molecule has 0 radical (unpaired) electrons. The van der Waals surface area contributed by atoms with Gasteiger partial charge in [0.25, 0.3) is 0 Å². The van der Waals surface area contributed by atoms with E-state index in [1.165, 1.54) is 30.5 Å². The molecular weight excluding hydrogens is 412 g/mol. The van der Waals surface area contributed by atoms with Crippen molar-refractivity contribution in [3.63, 3.8) is 0 Å². The minimum Gasteiger partial charge on any atom is -0.505 e. The van der Waals surface area contributed by atoms with E-state index in [9.17, 15) is 27.9 Å². The lowest BCUT2D eigenvalue weighted by molar-refractivity contribution is -0.141. The molecule has 0 atom stereocenters. The molecule has 1 N–H and O–H groups in total. The maximum absolute atomic E-state index is 13.3. The highest BCUT2D eigenvalue weighted by Gasteiger charge is 2.33. The minimum atomic E-state index is -4.68. The second-order valence-corrected chi connectivity index (χ2v) is 6.06. The van der Waals surface area contributed by atoms with Crippen LogP contribution in [0.2, 0.25) is 5.02 Å². The predicted molar refractivity (Wildman–Crippen MR) is 97.4 cm³/mol. The van der Waals surface area contributed by atoms with Gasteiger partial charge in [0.2, 0.25) is 0 Å². The number of hydrogen-bond acceptors (Lipinski definition) is 5. The molecule has 5 nitrogen and oxygen atoms in total. The van der Waals surface area contributed by atoms with Crippen molar-refractivity contribution in [2.45, 2.75) is 6.18 Å². The average molecular weight is 421 g/mol. The molecule has 3 aromatic rings. The molecule has 2 heterocycles. The van der Waals surface area contributed by atoms with Crippen LogP contribution in [0.3, 0.4) is 0 Å². The van der Waals surface area contributed by atoms with Gasteiger partial charge in [-0.3, -0.25) is 9.97 Å². The highest BCUT2D eigenvalue weighted by Crippen LogP contribution is 2.34. The minimum absolute atomic E-state index is 0.0474. The van der Waals surface area contributed by atoms with Gasteiger partial charge in [0.15, 0.2) is 11.5 Å². The number of benzene rings is 1. The Kier molecular flexibility index (Phi) is 5.48. The molecule has 0 saturated carbocycles. The van der Waals surface area contributed by atoms with Crippen LogP contribution in [0.15, 0.2) is 53.8 Å². The summed E-state index contributed by atoms with van der Waals surface area (Å²) >= 11 is 5.69. The molecule has 1 aromatic carbocycles. The van der Waals surface area contributed by atoms with Crippen molar-refractivity contribution in [1.82, 2.24) is 9.97 Å². The van der Waals surface area contributed by atoms with Crippen LogP contribution >= 0.6 is 11.6 Å². The summed E-state index contributed by atoms with van der Waals surface area (Å²) in [5, 5.41) is 19.7. The third kappa shape index (κ3) is 4.33. The lowest BCUT2D eigenvalue weighted by Crippen LogP contribution is -2.07. The number of nitriles is 1. The van der Waals surface area contributed by atoms with E-state index in [2.05, 4.69) is 15.0 Å². The Morgan fingerprint density at radius 2 is 1.83 bits per heavy atom. The molecular formula is C19H9ClF4N4O. The van der Waals surface area contributed by atoms with Crippen LogP contribution in [0, 0.1) is 17.1 Å². The van der Waals surface area contributed by atoms with Gasteiger partial charge in [0.1, 0.15) is 23.3 Å². The second-order valence-electron chi connectivity index (χ2n) is 5.65. The average Bonchev–Trinajstić information content (AvgIpc) is 2.69. The summed E-state index contributed by atoms with van der Waals surface area (Å²) in [5.41, 5.74) is -1.57. The van der Waals surface area contributed by atoms with Gasteiger partial charge in [-0.1, -0.05) is 11.6 Å². The Morgan fingerprint density at radius 3 is 2.48 bits per heavy atom. The van der Waals surface area contributed by atoms with Crippen LogP contribution in [-0.4, -0.2) is 20.8 Å². The number of pyridine rings is 2. The number of aromatic nitrogens is 2. The number of aliphatic imine (C=N–C) groups is 1. The maximum atomic E-state index is 13.3. The van der Waals surface area contributed by atoms with Gasteiger partial charge in [-0.2, -0.15) is 18.4 Å². The van der Waals surface area contributed by atoms with Gasteiger partial charge in [-0.05, 0) is 36.4 Å². The van der Waals surface area contributed by atoms with Gasteiger partial charge >= 0.3 is 6.18 Å². The Bertz CT molecular complexity index is 1160. The first kappa shape index (κ1) is 20.2. The largest absolute Gasteiger partial charge is 0.505 e. The topological polar surface area (TPSA) is 82.2 Å². The molecule has 0 fully saturated rings. The third-order valence-electron chi connectivity index (χ3n) is 3.75. The summed E-state index contributed by atoms with van der Waals surface area (Å²) in [7, 11) is 0. The molecule has 0 amide bonds. The first-order chi connectivity index (χ1) is 13.7. The summed E-state index contributed by atoms with van der Waals surface area (Å²) in [4.78, 5) is 11.2. The van der Waals surface area contributed by atoms with E-state index in [4.69, 9.17) is 11.6 Å². The number of nitrogens with zero attached hydrogens (tertiary/aromatic N) is 4. The van der Waals surface area contributed by atoms with Crippen LogP contribution in [0.5, 0.6) is 5.75 Å². The maximum Gasteiger partial charge on any atom is 0.433 e. The van der Waals surface area contributed by atoms with Gasteiger partial charge in [-0.15, -0.1) is 0 Å². The fraction of sp³-hybridized carbons (Fsp3) is 0.0526. The normalized spacial score (nSPS) is 11.9. The number of aromatic hydroxyl groups is 1. The van der Waals surface area contributed by atoms with E-state index in [0.717, 1.165) is 18.3 Å². The standard InChI is InChI=1S/C19H9ClF4N4O/c20-13-8-11(1-2-14(13)21)28-15(9-25)12-4-6-27-17(18(12)29)10-3-5-26-16(7-10)19(22,23)24/h1-8,29H/b28-15+. The van der Waals surface area contributed by atoms with E-state index in [1.807, 2.05) is 0 Å². The monoisotopic (exact) mass is 420 g/mol. The zero-order valence-electron chi connectivity index (χ0n) is 14.2. The molecule has 10 heteroatoms. The Morgan fingerprint density at radius 1 is 1.10 bits per heavy atom. The number of alkyl halides is 3. The zero-order chi connectivity index (χ0) is 21.2. The Labute approximate surface area is 166 Å². The molecule has 0 aliphatic heterocycles. The molecule has 0 spiro atoms. The molecule has 0 aliphatic rings. The van der Waals surface area contributed by atoms with Crippen LogP contribution in [-0.2, 0) is 6.18 Å². The summed E-state index contributed by atoms with van der Waals surface area (Å²) in [6.07, 6.45) is -2.53. The highest BCUT2D eigenvalue weighted by molar-refractivity contribution is 6.31. The first-order valence-corrected chi connectivity index (χ1v) is 8.24. The number of hydrogen-bond donors (Lipinski definition) is 1. The second kappa shape index (κ2) is 7.85. The van der Waals surface area contributed by atoms with Gasteiger partial charge < -0.3 is 5.11 Å². The van der Waals surface area contributed by atoms with Gasteiger partial charge in [0, 0.05) is 18.0 Å². The van der Waals surface area contributed by atoms with Crippen molar-refractivity contribution in [2.75, 3.05) is 0 Å². The smallest absolute Gasteiger partial charge is 0.433 e. The molecule has 0 bridgehead atoms. The Hall–Kier alpha value is -3.51. The van der Waals surface area contributed by atoms with Gasteiger partial charge in [0.05, 0.1) is 16.3 Å². The summed E-state index contributed by atoms with van der Waals surface area (Å²) < 4.78 is 52.0. The fourth-order valence-corrected chi connectivity index (χ4v) is 2.59. The lowest BCUT2D eigenvalue weighted by atomic mass is 10.0. The van der Waals surface area contributed by atoms with Crippen molar-refractivity contribution in [2.24, 2.45) is 4.99 Å². The molecule has 0 aliphatic carbocycles. The zero-order valence-corrected chi connectivity index (χ0v) is 15.0. The molecule has 146 valence electrons. The number of rotatable bonds is 3. The van der Waals surface area contributed by atoms with Crippen molar-refractivity contribution in [3.05, 3.63) is 70.9 Å². The third-order valence-corrected chi connectivity index (χ3v) is 4.04. The van der Waals surface area contributed by atoms with Crippen molar-refractivity contribution < 1.29 is 22.7 Å². The number of halogens is 5. The summed E-state index contributed by atoms with van der Waals surface area (Å²) in [6.45, 7) is 0. The van der Waals surface area contributed by atoms with E-state index in [0.29, 0.717) is 0 Å². The molecule has 2 aromatic heterocycles. The Balaban J connectivity index is 2.09. The quantitative estimate of drug-likeness (QED) is 0.460. The first-order valence-electron chi connectivity index (χ1n) is 7.86. The SMILES string of the molecule is N#C/C(=N\c1ccc(F)c(Cl)c1)c1ccnc(-c2ccnc(C(F)(F)F)c2)c1O. The van der Waals surface area contributed by atoms with E-state index in [1.54, 1.807) is 6.07 Å². The lowest BCUT2D eigenvalue weighted by Gasteiger charge is -2.10. The predicted octanol–water partition coefficient (Wildman–Crippen LogP) is 5.30. The van der Waals surface area contributed by atoms with E-state index in [-0.39, 0.29) is 33.2 Å². The van der Waals surface area contributed by atoms with Crippen LogP contribution in [0.4, 0.5) is 23.2 Å². The van der Waals surface area contributed by atoms with Crippen molar-refractivity contribution in [1.29, 1.82) is 5.26 Å². The van der Waals surface area contributed by atoms with Crippen LogP contribution < -0.4 is 0 Å². The van der Waals surface area contributed by atoms with E-state index < -0.39 is 23.4 Å². The summed E-state index contributed by atoms with van der Waals surface area (Å²) in [6, 6.07) is 8.56. The highest BCUT2D eigenvalue weighted by atomic mass is 35.5. The molecule has 0 saturated heterocycles. The fourth-order valence-electron chi connectivity index (χ4n) is 2.42. The molecule has 0 unspecified atom stereocenters. The van der Waals surface area contributed by atoms with Crippen molar-refractivity contribution in [3.8, 4) is 23.1 Å².